The number of carboxylic acid groups (broad SMARTS) is 1. The van der Waals surface area contributed by atoms with Crippen LogP contribution in [-0.2, 0) is 4.79 Å². The zero-order valence-corrected chi connectivity index (χ0v) is 9.72. The van der Waals surface area contributed by atoms with Crippen molar-refractivity contribution in [1.82, 2.24) is 0 Å². The average Bonchev–Trinajstić information content (AvgIpc) is 2.74. The molecular weight excluding hydrogens is 240 g/mol. The predicted octanol–water partition coefficient (Wildman–Crippen LogP) is 1.77. The number of rotatable bonds is 4. The summed E-state index contributed by atoms with van der Waals surface area (Å²) in [6.07, 6.45) is -2.94. The Morgan fingerprint density at radius 3 is 2.76 bits per heavy atom. The van der Waals surface area contributed by atoms with Gasteiger partial charge in [0.25, 0.3) is 0 Å². The van der Waals surface area contributed by atoms with Crippen molar-refractivity contribution in [3.05, 3.63) is 35.2 Å². The van der Waals surface area contributed by atoms with Crippen molar-refractivity contribution in [3.8, 4) is 0 Å². The van der Waals surface area contributed by atoms with Gasteiger partial charge in [-0.1, -0.05) is 12.1 Å². The standard InChI is InChI=1S/C12H12O4S/c13-9(6-11(14)15)12(16)8-2-1-3-10-7(8)4-5-17-10/h1-5,9,12-13,16H,6H2,(H,14,15). The Hall–Kier alpha value is -1.43. The van der Waals surface area contributed by atoms with Crippen molar-refractivity contribution in [2.75, 3.05) is 0 Å². The van der Waals surface area contributed by atoms with Gasteiger partial charge in [-0.25, -0.2) is 0 Å². The van der Waals surface area contributed by atoms with Crippen molar-refractivity contribution in [3.63, 3.8) is 0 Å². The molecule has 5 heteroatoms. The third-order valence-electron chi connectivity index (χ3n) is 2.60. The van der Waals surface area contributed by atoms with Crippen molar-refractivity contribution in [2.45, 2.75) is 18.6 Å². The van der Waals surface area contributed by atoms with E-state index in [4.69, 9.17) is 5.11 Å². The summed E-state index contributed by atoms with van der Waals surface area (Å²) in [6, 6.07) is 7.25. The minimum atomic E-state index is -1.29. The van der Waals surface area contributed by atoms with Gasteiger partial charge in [0.2, 0.25) is 0 Å². The molecule has 0 aliphatic rings. The van der Waals surface area contributed by atoms with Gasteiger partial charge in [-0.2, -0.15) is 0 Å². The molecule has 0 amide bonds. The van der Waals surface area contributed by atoms with E-state index in [1.54, 1.807) is 12.1 Å². The van der Waals surface area contributed by atoms with Crippen LogP contribution >= 0.6 is 11.3 Å². The molecule has 0 fully saturated rings. The lowest BCUT2D eigenvalue weighted by molar-refractivity contribution is -0.141. The van der Waals surface area contributed by atoms with E-state index in [0.29, 0.717) is 5.56 Å². The van der Waals surface area contributed by atoms with E-state index in [9.17, 15) is 15.0 Å². The van der Waals surface area contributed by atoms with Crippen LogP contribution in [0, 0.1) is 0 Å². The van der Waals surface area contributed by atoms with Crippen molar-refractivity contribution >= 4 is 27.4 Å². The number of hydrogen-bond donors (Lipinski definition) is 3. The van der Waals surface area contributed by atoms with Gasteiger partial charge < -0.3 is 15.3 Å². The molecule has 0 spiro atoms. The molecule has 2 atom stereocenters. The lowest BCUT2D eigenvalue weighted by Crippen LogP contribution is -2.21. The third kappa shape index (κ3) is 2.46. The zero-order chi connectivity index (χ0) is 12.4. The zero-order valence-electron chi connectivity index (χ0n) is 8.91. The molecule has 2 aromatic rings. The second-order valence-corrected chi connectivity index (χ2v) is 4.74. The van der Waals surface area contributed by atoms with Gasteiger partial charge in [0.05, 0.1) is 12.5 Å². The summed E-state index contributed by atoms with van der Waals surface area (Å²) in [5.74, 6) is -1.13. The van der Waals surface area contributed by atoms with Crippen LogP contribution in [0.2, 0.25) is 0 Å². The number of carboxylic acids is 1. The summed E-state index contributed by atoms with van der Waals surface area (Å²) in [6.45, 7) is 0. The van der Waals surface area contributed by atoms with Crippen LogP contribution in [0.15, 0.2) is 29.6 Å². The fourth-order valence-electron chi connectivity index (χ4n) is 1.77. The number of fused-ring (bicyclic) bond motifs is 1. The normalized spacial score (nSPS) is 14.7. The van der Waals surface area contributed by atoms with Gasteiger partial charge in [-0.15, -0.1) is 11.3 Å². The first-order valence-electron chi connectivity index (χ1n) is 5.13. The molecule has 0 bridgehead atoms. The van der Waals surface area contributed by atoms with Crippen LogP contribution in [0.5, 0.6) is 0 Å². The summed E-state index contributed by atoms with van der Waals surface area (Å²) >= 11 is 1.54. The van der Waals surface area contributed by atoms with Gasteiger partial charge in [0.15, 0.2) is 0 Å². The number of benzene rings is 1. The molecule has 2 unspecified atom stereocenters. The molecule has 0 aliphatic heterocycles. The molecule has 1 aromatic heterocycles. The third-order valence-corrected chi connectivity index (χ3v) is 3.48. The van der Waals surface area contributed by atoms with Gasteiger partial charge in [-0.3, -0.25) is 4.79 Å². The SMILES string of the molecule is O=C(O)CC(O)C(O)c1cccc2sccc12. The van der Waals surface area contributed by atoms with Crippen molar-refractivity contribution in [2.24, 2.45) is 0 Å². The fourth-order valence-corrected chi connectivity index (χ4v) is 2.59. The second kappa shape index (κ2) is 4.83. The molecule has 0 radical (unpaired) electrons. The highest BCUT2D eigenvalue weighted by atomic mass is 32.1. The van der Waals surface area contributed by atoms with Crippen LogP contribution in [0.4, 0.5) is 0 Å². The van der Waals surface area contributed by atoms with Crippen LogP contribution in [0.3, 0.4) is 0 Å². The maximum absolute atomic E-state index is 10.5. The minimum absolute atomic E-state index is 0.471. The Labute approximate surface area is 102 Å². The molecule has 2 rings (SSSR count). The average molecular weight is 252 g/mol. The molecule has 0 saturated heterocycles. The first-order chi connectivity index (χ1) is 8.09. The highest BCUT2D eigenvalue weighted by Crippen LogP contribution is 2.30. The van der Waals surface area contributed by atoms with E-state index in [0.717, 1.165) is 10.1 Å². The Kier molecular flexibility index (Phi) is 3.42. The summed E-state index contributed by atoms with van der Waals surface area (Å²) in [5.41, 5.74) is 0.567. The first-order valence-corrected chi connectivity index (χ1v) is 6.01. The van der Waals surface area contributed by atoms with E-state index in [1.807, 2.05) is 17.5 Å². The molecule has 1 heterocycles. The number of carbonyl (C=O) groups is 1. The molecule has 1 aromatic carbocycles. The number of hydrogen-bond acceptors (Lipinski definition) is 4. The number of thiophene rings is 1. The van der Waals surface area contributed by atoms with Crippen LogP contribution in [0.1, 0.15) is 18.1 Å². The topological polar surface area (TPSA) is 77.8 Å². The molecule has 90 valence electrons. The molecule has 3 N–H and O–H groups in total. The Morgan fingerprint density at radius 2 is 2.06 bits per heavy atom. The minimum Gasteiger partial charge on any atom is -0.481 e. The van der Waals surface area contributed by atoms with Gasteiger partial charge >= 0.3 is 5.97 Å². The smallest absolute Gasteiger partial charge is 0.306 e. The Bertz CT molecular complexity index is 534. The van der Waals surface area contributed by atoms with E-state index in [1.165, 1.54) is 11.3 Å². The summed E-state index contributed by atoms with van der Waals surface area (Å²) < 4.78 is 1.00. The fraction of sp³-hybridized carbons (Fsp3) is 0.250. The molecule has 0 saturated carbocycles. The number of aliphatic hydroxyl groups is 2. The summed E-state index contributed by atoms with van der Waals surface area (Å²) in [7, 11) is 0. The summed E-state index contributed by atoms with van der Waals surface area (Å²) in [4.78, 5) is 10.5. The maximum atomic E-state index is 10.5. The second-order valence-electron chi connectivity index (χ2n) is 3.79. The van der Waals surface area contributed by atoms with Gasteiger partial charge in [0, 0.05) is 4.70 Å². The van der Waals surface area contributed by atoms with E-state index < -0.39 is 24.6 Å². The predicted molar refractivity (Wildman–Crippen MR) is 65.0 cm³/mol. The highest BCUT2D eigenvalue weighted by molar-refractivity contribution is 7.17. The molecular formula is C12H12O4S. The maximum Gasteiger partial charge on any atom is 0.306 e. The Balaban J connectivity index is 2.32. The van der Waals surface area contributed by atoms with Gasteiger partial charge in [-0.05, 0) is 28.5 Å². The van der Waals surface area contributed by atoms with Crippen LogP contribution < -0.4 is 0 Å². The van der Waals surface area contributed by atoms with E-state index >= 15 is 0 Å². The van der Waals surface area contributed by atoms with Crippen molar-refractivity contribution < 1.29 is 20.1 Å². The number of aliphatic carboxylic acids is 1. The number of aliphatic hydroxyl groups excluding tert-OH is 2. The van der Waals surface area contributed by atoms with Gasteiger partial charge in [0.1, 0.15) is 6.10 Å². The largest absolute Gasteiger partial charge is 0.481 e. The lowest BCUT2D eigenvalue weighted by Gasteiger charge is -2.17. The van der Waals surface area contributed by atoms with Crippen LogP contribution in [-0.4, -0.2) is 27.4 Å². The van der Waals surface area contributed by atoms with Crippen molar-refractivity contribution in [1.29, 1.82) is 0 Å². The summed E-state index contributed by atoms with van der Waals surface area (Å²) in [5, 5.41) is 30.9. The van der Waals surface area contributed by atoms with E-state index in [-0.39, 0.29) is 0 Å². The lowest BCUT2D eigenvalue weighted by atomic mass is 9.99. The molecule has 0 aliphatic carbocycles. The first kappa shape index (κ1) is 12.0. The quantitative estimate of drug-likeness (QED) is 0.775. The van der Waals surface area contributed by atoms with E-state index in [2.05, 4.69) is 0 Å². The Morgan fingerprint density at radius 1 is 1.29 bits per heavy atom. The van der Waals surface area contributed by atoms with Crippen LogP contribution in [0.25, 0.3) is 10.1 Å². The monoisotopic (exact) mass is 252 g/mol. The molecule has 17 heavy (non-hydrogen) atoms. The highest BCUT2D eigenvalue weighted by Gasteiger charge is 2.22. The molecule has 4 nitrogen and oxygen atoms in total.